The third-order valence-electron chi connectivity index (χ3n) is 14.8. The van der Waals surface area contributed by atoms with E-state index in [9.17, 15) is 29.4 Å². The normalized spacial score (nSPS) is 37.5. The predicted octanol–water partition coefficient (Wildman–Crippen LogP) is 7.04. The van der Waals surface area contributed by atoms with E-state index in [1.807, 2.05) is 71.2 Å². The fraction of sp³-hybridized carbons (Fsp3) is 0.686. The molecule has 3 N–H and O–H groups in total. The first kappa shape index (κ1) is 50.5. The first-order valence-electron chi connectivity index (χ1n) is 23.9. The number of amides is 1. The number of piperidine rings is 1. The molecule has 14 unspecified atom stereocenters. The minimum atomic E-state index is -2.54. The van der Waals surface area contributed by atoms with Gasteiger partial charge in [-0.1, -0.05) is 39.8 Å². The topological polar surface area (TPSA) is 183 Å². The average Bonchev–Trinajstić information content (AvgIpc) is 3.78. The Balaban J connectivity index is 1.30. The van der Waals surface area contributed by atoms with E-state index in [0.29, 0.717) is 37.7 Å². The number of aromatic nitrogens is 1. The van der Waals surface area contributed by atoms with Gasteiger partial charge < -0.3 is 48.5 Å². The molecule has 4 heterocycles. The number of benzene rings is 1. The summed E-state index contributed by atoms with van der Waals surface area (Å²) in [6.07, 6.45) is 6.84. The van der Waals surface area contributed by atoms with Crippen LogP contribution >= 0.6 is 0 Å². The van der Waals surface area contributed by atoms with Crippen LogP contribution < -0.4 is 4.74 Å². The van der Waals surface area contributed by atoms with Gasteiger partial charge in [0, 0.05) is 63.2 Å². The molecule has 1 amide bonds. The van der Waals surface area contributed by atoms with Crippen molar-refractivity contribution in [2.45, 2.75) is 167 Å². The third-order valence-corrected chi connectivity index (χ3v) is 14.8. The van der Waals surface area contributed by atoms with Crippen molar-refractivity contribution in [1.29, 1.82) is 0 Å². The monoisotopic (exact) mass is 907 g/mol. The minimum Gasteiger partial charge on any atom is -0.488 e. The standard InChI is InChI=1S/C51H74N2O12/c1-10-35-24-30(3)45(55)31(4)25-43(61-8)47-44(62-9)26-33(6)51(59,65-47)48(56)49(57)53-22-12-11-13-39(53)50(58)64-46(29(2)14-18-40(35)54)32(5)23-34-15-19-41(42(27-34)60-7)63-37-16-17-38-36(28-37)20-21-52-38/h16-17,20-21,23-24,28-29,31,33-35,39,41-47,52,55,59H,10-15,18-19,22,25-27H2,1-9H3/b30-24+,32-23?. The quantitative estimate of drug-likeness (QED) is 0.140. The Bertz CT molecular complexity index is 2030. The molecule has 65 heavy (non-hydrogen) atoms. The maximum Gasteiger partial charge on any atom is 0.329 e. The number of aliphatic hydroxyl groups excluding tert-OH is 1. The van der Waals surface area contributed by atoms with Crippen LogP contribution in [0.25, 0.3) is 10.9 Å². The van der Waals surface area contributed by atoms with Crippen LogP contribution in [0, 0.1) is 29.6 Å². The van der Waals surface area contributed by atoms with Gasteiger partial charge in [0.25, 0.3) is 11.7 Å². The van der Waals surface area contributed by atoms with Crippen LogP contribution in [0.4, 0.5) is 0 Å². The second-order valence-corrected chi connectivity index (χ2v) is 19.4. The fourth-order valence-corrected chi connectivity index (χ4v) is 10.7. The molecule has 1 aliphatic carbocycles. The molecular weight excluding hydrogens is 833 g/mol. The lowest BCUT2D eigenvalue weighted by atomic mass is 9.81. The average molecular weight is 907 g/mol. The number of hydrogen-bond acceptors (Lipinski definition) is 12. The summed E-state index contributed by atoms with van der Waals surface area (Å²) in [4.78, 5) is 61.6. The van der Waals surface area contributed by atoms with Crippen molar-refractivity contribution in [2.24, 2.45) is 29.6 Å². The van der Waals surface area contributed by atoms with Crippen molar-refractivity contribution in [2.75, 3.05) is 27.9 Å². The lowest BCUT2D eigenvalue weighted by molar-refractivity contribution is -0.302. The smallest absolute Gasteiger partial charge is 0.329 e. The van der Waals surface area contributed by atoms with Gasteiger partial charge in [0.05, 0.1) is 24.4 Å². The molecule has 2 bridgehead atoms. The molecule has 3 aliphatic heterocycles. The number of carbonyl (C=O) groups excluding carboxylic acids is 4. The highest BCUT2D eigenvalue weighted by Gasteiger charge is 2.56. The van der Waals surface area contributed by atoms with Gasteiger partial charge >= 0.3 is 5.97 Å². The van der Waals surface area contributed by atoms with Crippen LogP contribution in [-0.4, -0.2) is 126 Å². The van der Waals surface area contributed by atoms with E-state index >= 15 is 0 Å². The zero-order valence-corrected chi connectivity index (χ0v) is 40.0. The number of nitrogens with one attached hydrogen (secondary N) is 1. The van der Waals surface area contributed by atoms with E-state index in [1.165, 1.54) is 19.1 Å². The summed E-state index contributed by atoms with van der Waals surface area (Å²) in [6, 6.07) is 6.92. The number of cyclic esters (lactones) is 1. The van der Waals surface area contributed by atoms with Crippen LogP contribution in [0.3, 0.4) is 0 Å². The van der Waals surface area contributed by atoms with Gasteiger partial charge in [-0.25, -0.2) is 4.79 Å². The number of hydrogen-bond donors (Lipinski definition) is 3. The number of ketones is 2. The fourth-order valence-electron chi connectivity index (χ4n) is 10.7. The van der Waals surface area contributed by atoms with Crippen LogP contribution in [0.1, 0.15) is 112 Å². The molecule has 3 fully saturated rings. The zero-order valence-electron chi connectivity index (χ0n) is 40.0. The number of aliphatic hydroxyl groups is 2. The van der Waals surface area contributed by atoms with Crippen molar-refractivity contribution < 1.29 is 57.8 Å². The Morgan fingerprint density at radius 1 is 0.908 bits per heavy atom. The maximum atomic E-state index is 14.5. The van der Waals surface area contributed by atoms with Crippen molar-refractivity contribution in [3.63, 3.8) is 0 Å². The van der Waals surface area contributed by atoms with Gasteiger partial charge in [0.2, 0.25) is 5.79 Å². The van der Waals surface area contributed by atoms with Crippen molar-refractivity contribution >= 4 is 34.3 Å². The van der Waals surface area contributed by atoms with E-state index in [-0.39, 0.29) is 62.1 Å². The zero-order chi connectivity index (χ0) is 47.2. The molecule has 1 aromatic heterocycles. The molecule has 14 heteroatoms. The number of Topliss-reactive ketones (excluding diaryl/α,β-unsaturated/α-hetero) is 2. The highest BCUT2D eigenvalue weighted by Crippen LogP contribution is 2.40. The molecule has 0 radical (unpaired) electrons. The number of H-pyrrole nitrogens is 1. The highest BCUT2D eigenvalue weighted by molar-refractivity contribution is 6.39. The summed E-state index contributed by atoms with van der Waals surface area (Å²) < 4.78 is 36.9. The number of fused-ring (bicyclic) bond motifs is 4. The van der Waals surface area contributed by atoms with E-state index < -0.39 is 77.8 Å². The third kappa shape index (κ3) is 11.4. The highest BCUT2D eigenvalue weighted by atomic mass is 16.7. The molecule has 360 valence electrons. The molecule has 2 aromatic rings. The Hall–Kier alpha value is -3.92. The summed E-state index contributed by atoms with van der Waals surface area (Å²) >= 11 is 0. The van der Waals surface area contributed by atoms with Crippen LogP contribution in [-0.2, 0) is 42.9 Å². The first-order valence-corrected chi connectivity index (χ1v) is 23.9. The van der Waals surface area contributed by atoms with Crippen LogP contribution in [0.15, 0.2) is 53.8 Å². The number of ether oxygens (including phenoxy) is 6. The summed E-state index contributed by atoms with van der Waals surface area (Å²) in [5, 5.41) is 24.8. The van der Waals surface area contributed by atoms with Crippen molar-refractivity contribution in [1.82, 2.24) is 9.88 Å². The number of methoxy groups -OCH3 is 3. The number of rotatable bonds is 8. The van der Waals surface area contributed by atoms with E-state index in [4.69, 9.17) is 28.4 Å². The van der Waals surface area contributed by atoms with Gasteiger partial charge in [0.1, 0.15) is 35.9 Å². The molecule has 1 aromatic carbocycles. The van der Waals surface area contributed by atoms with Gasteiger partial charge in [-0.2, -0.15) is 0 Å². The number of nitrogens with zero attached hydrogens (tertiary/aromatic N) is 1. The Labute approximate surface area is 384 Å². The Morgan fingerprint density at radius 2 is 1.63 bits per heavy atom. The van der Waals surface area contributed by atoms with Crippen molar-refractivity contribution in [3.8, 4) is 5.75 Å². The van der Waals surface area contributed by atoms with E-state index in [1.54, 1.807) is 14.0 Å². The van der Waals surface area contributed by atoms with Crippen LogP contribution in [0.2, 0.25) is 0 Å². The first-order chi connectivity index (χ1) is 31.0. The number of carbonyl (C=O) groups is 4. The van der Waals surface area contributed by atoms with E-state index in [2.05, 4.69) is 11.1 Å². The van der Waals surface area contributed by atoms with E-state index in [0.717, 1.165) is 35.1 Å². The van der Waals surface area contributed by atoms with Gasteiger partial charge in [-0.3, -0.25) is 14.4 Å². The molecule has 1 saturated carbocycles. The minimum absolute atomic E-state index is 0.0253. The van der Waals surface area contributed by atoms with Crippen LogP contribution in [0.5, 0.6) is 5.75 Å². The molecule has 6 rings (SSSR count). The lowest BCUT2D eigenvalue weighted by Crippen LogP contribution is -2.64. The molecule has 4 aliphatic rings. The van der Waals surface area contributed by atoms with Crippen molar-refractivity contribution in [3.05, 3.63) is 53.8 Å². The molecule has 14 atom stereocenters. The molecule has 0 spiro atoms. The van der Waals surface area contributed by atoms with Gasteiger partial charge in [0.15, 0.2) is 0 Å². The number of aromatic amines is 1. The number of esters is 1. The molecule has 14 nitrogen and oxygen atoms in total. The second-order valence-electron chi connectivity index (χ2n) is 19.4. The largest absolute Gasteiger partial charge is 0.488 e. The maximum absolute atomic E-state index is 14.5. The predicted molar refractivity (Wildman–Crippen MR) is 245 cm³/mol. The summed E-state index contributed by atoms with van der Waals surface area (Å²) in [5.41, 5.74) is 2.50. The summed E-state index contributed by atoms with van der Waals surface area (Å²) in [7, 11) is 4.69. The summed E-state index contributed by atoms with van der Waals surface area (Å²) in [6.45, 7) is 11.3. The van der Waals surface area contributed by atoms with Gasteiger partial charge in [-0.05, 0) is 131 Å². The molecular formula is C51H74N2O12. The Morgan fingerprint density at radius 3 is 2.34 bits per heavy atom. The lowest BCUT2D eigenvalue weighted by Gasteiger charge is -2.47. The Kier molecular flexibility index (Phi) is 17.3. The molecule has 2 saturated heterocycles. The SMILES string of the molecule is CCC1/C=C(\C)C(O)C(C)CC(OC)C2OC(O)(C(=O)C(=O)N3CCCCC3C(=O)OC(C(C)=CC3CCC(Oc4ccc5[nH]ccc5c4)C(OC)C3)C(C)CCC1=O)C(C)CC2OC. The number of allylic oxidation sites excluding steroid dienone is 2. The summed E-state index contributed by atoms with van der Waals surface area (Å²) in [5.74, 6) is -6.47. The van der Waals surface area contributed by atoms with Gasteiger partial charge in [-0.15, -0.1) is 0 Å². The second kappa shape index (κ2) is 22.3.